The quantitative estimate of drug-likeness (QED) is 0.938. The molecule has 0 spiro atoms. The summed E-state index contributed by atoms with van der Waals surface area (Å²) < 4.78 is 4.28. The Balaban J connectivity index is 1.80. The second-order valence-electron chi connectivity index (χ2n) is 5.73. The fourth-order valence-electron chi connectivity index (χ4n) is 2.21. The van der Waals surface area contributed by atoms with Crippen molar-refractivity contribution in [3.8, 4) is 0 Å². The SMILES string of the molecule is Cn1cc(C(O)c2cnn(CC3(C)CC3)c2)c(Br)n1. The molecule has 1 unspecified atom stereocenters. The topological polar surface area (TPSA) is 55.9 Å². The molecule has 1 saturated carbocycles. The van der Waals surface area contributed by atoms with Crippen molar-refractivity contribution < 1.29 is 5.11 Å². The van der Waals surface area contributed by atoms with Gasteiger partial charge in [-0.15, -0.1) is 0 Å². The molecule has 5 nitrogen and oxygen atoms in total. The molecule has 0 radical (unpaired) electrons. The molecule has 1 fully saturated rings. The van der Waals surface area contributed by atoms with Crippen LogP contribution in [0.1, 0.15) is 37.0 Å². The lowest BCUT2D eigenvalue weighted by atomic mass is 10.1. The van der Waals surface area contributed by atoms with Crippen molar-refractivity contribution in [1.82, 2.24) is 19.6 Å². The number of aliphatic hydroxyl groups excluding tert-OH is 1. The Bertz CT molecular complexity index is 600. The van der Waals surface area contributed by atoms with Crippen LogP contribution in [0.4, 0.5) is 0 Å². The maximum atomic E-state index is 10.4. The average molecular weight is 325 g/mol. The Morgan fingerprint density at radius 3 is 2.79 bits per heavy atom. The van der Waals surface area contributed by atoms with Crippen LogP contribution >= 0.6 is 15.9 Å². The number of hydrogen-bond donors (Lipinski definition) is 1. The molecular weight excluding hydrogens is 308 g/mol. The van der Waals surface area contributed by atoms with E-state index in [1.54, 1.807) is 10.9 Å². The van der Waals surface area contributed by atoms with Gasteiger partial charge in [-0.3, -0.25) is 9.36 Å². The Morgan fingerprint density at radius 1 is 1.47 bits per heavy atom. The van der Waals surface area contributed by atoms with Crippen molar-refractivity contribution in [1.29, 1.82) is 0 Å². The van der Waals surface area contributed by atoms with Gasteiger partial charge in [-0.2, -0.15) is 10.2 Å². The third kappa shape index (κ3) is 2.60. The summed E-state index contributed by atoms with van der Waals surface area (Å²) in [6.45, 7) is 3.19. The lowest BCUT2D eigenvalue weighted by Gasteiger charge is -2.08. The summed E-state index contributed by atoms with van der Waals surface area (Å²) in [5, 5.41) is 18.9. The largest absolute Gasteiger partial charge is 0.383 e. The monoisotopic (exact) mass is 324 g/mol. The molecule has 1 N–H and O–H groups in total. The van der Waals surface area contributed by atoms with E-state index in [9.17, 15) is 5.11 Å². The molecule has 19 heavy (non-hydrogen) atoms. The molecule has 0 aliphatic heterocycles. The summed E-state index contributed by atoms with van der Waals surface area (Å²) in [6, 6.07) is 0. The van der Waals surface area contributed by atoms with E-state index in [2.05, 4.69) is 33.1 Å². The molecule has 2 aromatic rings. The van der Waals surface area contributed by atoms with Gasteiger partial charge in [0, 0.05) is 37.1 Å². The van der Waals surface area contributed by atoms with Gasteiger partial charge in [0.05, 0.1) is 6.20 Å². The van der Waals surface area contributed by atoms with Gasteiger partial charge in [0.1, 0.15) is 10.7 Å². The van der Waals surface area contributed by atoms with Crippen LogP contribution in [0.5, 0.6) is 0 Å². The van der Waals surface area contributed by atoms with Crippen molar-refractivity contribution >= 4 is 15.9 Å². The molecule has 2 aromatic heterocycles. The zero-order chi connectivity index (χ0) is 13.6. The van der Waals surface area contributed by atoms with Crippen LogP contribution in [-0.2, 0) is 13.6 Å². The molecular formula is C13H17BrN4O. The zero-order valence-electron chi connectivity index (χ0n) is 11.0. The van der Waals surface area contributed by atoms with Crippen LogP contribution in [0, 0.1) is 5.41 Å². The first-order valence-electron chi connectivity index (χ1n) is 6.36. The number of aromatic nitrogens is 4. The first-order valence-corrected chi connectivity index (χ1v) is 7.16. The van der Waals surface area contributed by atoms with Gasteiger partial charge in [-0.05, 0) is 34.2 Å². The lowest BCUT2D eigenvalue weighted by molar-refractivity contribution is 0.219. The molecule has 0 saturated heterocycles. The van der Waals surface area contributed by atoms with Crippen LogP contribution in [0.15, 0.2) is 23.2 Å². The number of hydrogen-bond acceptors (Lipinski definition) is 3. The highest BCUT2D eigenvalue weighted by Crippen LogP contribution is 2.46. The molecule has 2 heterocycles. The molecule has 3 rings (SSSR count). The van der Waals surface area contributed by atoms with Gasteiger partial charge in [0.2, 0.25) is 0 Å². The predicted molar refractivity (Wildman–Crippen MR) is 74.5 cm³/mol. The standard InChI is InChI=1S/C13H17BrN4O/c1-13(3-4-13)8-18-6-9(5-15-18)11(19)10-7-17(2)16-12(10)14/h5-7,11,19H,3-4,8H2,1-2H3. The maximum Gasteiger partial charge on any atom is 0.134 e. The molecule has 0 aromatic carbocycles. The summed E-state index contributed by atoms with van der Waals surface area (Å²) in [5.41, 5.74) is 1.97. The van der Waals surface area contributed by atoms with Crippen LogP contribution in [0.3, 0.4) is 0 Å². The molecule has 102 valence electrons. The Morgan fingerprint density at radius 2 is 2.21 bits per heavy atom. The van der Waals surface area contributed by atoms with Crippen molar-refractivity contribution in [2.24, 2.45) is 12.5 Å². The van der Waals surface area contributed by atoms with E-state index in [-0.39, 0.29) is 0 Å². The minimum Gasteiger partial charge on any atom is -0.383 e. The van der Waals surface area contributed by atoms with Crippen molar-refractivity contribution in [3.63, 3.8) is 0 Å². The third-order valence-corrected chi connectivity index (χ3v) is 4.34. The number of halogens is 1. The molecule has 6 heteroatoms. The molecule has 1 aliphatic carbocycles. The second kappa shape index (κ2) is 4.45. The van der Waals surface area contributed by atoms with Crippen molar-refractivity contribution in [2.45, 2.75) is 32.4 Å². The van der Waals surface area contributed by atoms with Crippen molar-refractivity contribution in [2.75, 3.05) is 0 Å². The summed E-state index contributed by atoms with van der Waals surface area (Å²) in [5.74, 6) is 0. The van der Waals surface area contributed by atoms with Crippen molar-refractivity contribution in [3.05, 3.63) is 34.3 Å². The number of rotatable bonds is 4. The fourth-order valence-corrected chi connectivity index (χ4v) is 2.78. The van der Waals surface area contributed by atoms with Crippen LogP contribution in [0.25, 0.3) is 0 Å². The van der Waals surface area contributed by atoms with Gasteiger partial charge in [0.25, 0.3) is 0 Å². The summed E-state index contributed by atoms with van der Waals surface area (Å²) in [4.78, 5) is 0. The minimum atomic E-state index is -0.691. The van der Waals surface area contributed by atoms with E-state index >= 15 is 0 Å². The normalized spacial score (nSPS) is 18.5. The van der Waals surface area contributed by atoms with Gasteiger partial charge in [-0.25, -0.2) is 0 Å². The van der Waals surface area contributed by atoms with E-state index in [1.807, 2.05) is 24.1 Å². The smallest absolute Gasteiger partial charge is 0.134 e. The van der Waals surface area contributed by atoms with Gasteiger partial charge in [-0.1, -0.05) is 6.92 Å². The fraction of sp³-hybridized carbons (Fsp3) is 0.538. The van der Waals surface area contributed by atoms with Gasteiger partial charge in [0.15, 0.2) is 0 Å². The Hall–Kier alpha value is -1.14. The first-order chi connectivity index (χ1) is 8.97. The van der Waals surface area contributed by atoms with E-state index in [0.29, 0.717) is 10.0 Å². The first kappa shape index (κ1) is 12.9. The minimum absolute atomic E-state index is 0.406. The predicted octanol–water partition coefficient (Wildman–Crippen LogP) is 2.26. The highest BCUT2D eigenvalue weighted by atomic mass is 79.9. The maximum absolute atomic E-state index is 10.4. The third-order valence-electron chi connectivity index (χ3n) is 3.72. The average Bonchev–Trinajstić information content (AvgIpc) is 2.75. The van der Waals surface area contributed by atoms with E-state index in [1.165, 1.54) is 12.8 Å². The molecule has 0 bridgehead atoms. The summed E-state index contributed by atoms with van der Waals surface area (Å²) in [6.07, 6.45) is 7.30. The van der Waals surface area contributed by atoms with Crippen LogP contribution in [0.2, 0.25) is 0 Å². The van der Waals surface area contributed by atoms with E-state index < -0.39 is 6.10 Å². The Kier molecular flexibility index (Phi) is 3.02. The Labute approximate surface area is 120 Å². The summed E-state index contributed by atoms with van der Waals surface area (Å²) in [7, 11) is 1.83. The highest BCUT2D eigenvalue weighted by Gasteiger charge is 2.37. The van der Waals surface area contributed by atoms with E-state index in [0.717, 1.165) is 17.7 Å². The van der Waals surface area contributed by atoms with Gasteiger partial charge >= 0.3 is 0 Å². The highest BCUT2D eigenvalue weighted by molar-refractivity contribution is 9.10. The molecule has 1 atom stereocenters. The van der Waals surface area contributed by atoms with Crippen LogP contribution < -0.4 is 0 Å². The summed E-state index contributed by atoms with van der Waals surface area (Å²) >= 11 is 3.36. The number of aryl methyl sites for hydroxylation is 1. The molecule has 1 aliphatic rings. The van der Waals surface area contributed by atoms with Gasteiger partial charge < -0.3 is 5.11 Å². The van der Waals surface area contributed by atoms with E-state index in [4.69, 9.17) is 0 Å². The molecule has 0 amide bonds. The second-order valence-corrected chi connectivity index (χ2v) is 6.48. The van der Waals surface area contributed by atoms with Crippen LogP contribution in [-0.4, -0.2) is 24.7 Å². The zero-order valence-corrected chi connectivity index (χ0v) is 12.6. The number of nitrogens with zero attached hydrogens (tertiary/aromatic N) is 4. The lowest BCUT2D eigenvalue weighted by Crippen LogP contribution is -2.08. The number of aliphatic hydroxyl groups is 1.